The summed E-state index contributed by atoms with van der Waals surface area (Å²) in [6.07, 6.45) is 2.46. The fraction of sp³-hybridized carbons (Fsp3) is 0.700. The summed E-state index contributed by atoms with van der Waals surface area (Å²) in [5.41, 5.74) is 1.06. The Balaban J connectivity index is 2.72. The van der Waals surface area contributed by atoms with Gasteiger partial charge in [-0.25, -0.2) is 0 Å². The third kappa shape index (κ3) is 1.26. The molecule has 0 aromatic rings. The summed E-state index contributed by atoms with van der Waals surface area (Å²) in [5.74, 6) is 0.971. The molecule has 12 heavy (non-hydrogen) atoms. The van der Waals surface area contributed by atoms with Crippen molar-refractivity contribution in [2.24, 2.45) is 17.3 Å². The van der Waals surface area contributed by atoms with Crippen LogP contribution in [0.1, 0.15) is 20.8 Å². The van der Waals surface area contributed by atoms with Gasteiger partial charge >= 0.3 is 0 Å². The van der Waals surface area contributed by atoms with Crippen LogP contribution in [0.15, 0.2) is 11.8 Å². The summed E-state index contributed by atoms with van der Waals surface area (Å²) >= 11 is 0. The van der Waals surface area contributed by atoms with Gasteiger partial charge in [-0.15, -0.1) is 0 Å². The van der Waals surface area contributed by atoms with Crippen molar-refractivity contribution in [1.82, 2.24) is 0 Å². The van der Waals surface area contributed by atoms with Crippen LogP contribution in [0.25, 0.3) is 0 Å². The van der Waals surface area contributed by atoms with E-state index in [4.69, 9.17) is 4.74 Å². The van der Waals surface area contributed by atoms with E-state index in [1.807, 2.05) is 0 Å². The molecule has 1 aliphatic carbocycles. The SMILES string of the molecule is COC=C(C=O)[C@H]1[C@@H](C)C1(C)C. The second kappa shape index (κ2) is 2.92. The Morgan fingerprint density at radius 3 is 2.25 bits per heavy atom. The van der Waals surface area contributed by atoms with E-state index in [2.05, 4.69) is 20.8 Å². The molecule has 0 amide bonds. The van der Waals surface area contributed by atoms with Crippen molar-refractivity contribution >= 4 is 6.29 Å². The Morgan fingerprint density at radius 2 is 2.00 bits per heavy atom. The van der Waals surface area contributed by atoms with Crippen LogP contribution < -0.4 is 0 Å². The molecule has 0 N–H and O–H groups in total. The van der Waals surface area contributed by atoms with Gasteiger partial charge in [-0.2, -0.15) is 0 Å². The summed E-state index contributed by atoms with van der Waals surface area (Å²) in [7, 11) is 1.57. The maximum Gasteiger partial charge on any atom is 0.149 e. The fourth-order valence-electron chi connectivity index (χ4n) is 1.92. The van der Waals surface area contributed by atoms with Crippen molar-refractivity contribution in [2.45, 2.75) is 20.8 Å². The van der Waals surface area contributed by atoms with Crippen LogP contribution in [0, 0.1) is 17.3 Å². The average Bonchev–Trinajstić information content (AvgIpc) is 2.48. The van der Waals surface area contributed by atoms with Gasteiger partial charge in [-0.3, -0.25) is 4.79 Å². The lowest BCUT2D eigenvalue weighted by atomic mass is 10.1. The van der Waals surface area contributed by atoms with Crippen molar-refractivity contribution in [3.63, 3.8) is 0 Å². The normalized spacial score (nSPS) is 32.8. The van der Waals surface area contributed by atoms with E-state index in [0.717, 1.165) is 11.9 Å². The summed E-state index contributed by atoms with van der Waals surface area (Å²) in [6, 6.07) is 0. The highest BCUT2D eigenvalue weighted by molar-refractivity contribution is 5.75. The Bertz CT molecular complexity index is 216. The first-order chi connectivity index (χ1) is 5.55. The molecule has 0 radical (unpaired) electrons. The summed E-state index contributed by atoms with van der Waals surface area (Å²) in [5, 5.41) is 0. The zero-order valence-corrected chi connectivity index (χ0v) is 8.13. The third-order valence-electron chi connectivity index (χ3n) is 3.12. The molecule has 2 heteroatoms. The number of ether oxygens (including phenoxy) is 1. The Kier molecular flexibility index (Phi) is 2.27. The predicted octanol–water partition coefficient (Wildman–Crippen LogP) is 2.01. The summed E-state index contributed by atoms with van der Waals surface area (Å²) in [4.78, 5) is 10.7. The highest BCUT2D eigenvalue weighted by Crippen LogP contribution is 2.60. The Labute approximate surface area is 73.6 Å². The van der Waals surface area contributed by atoms with Gasteiger partial charge in [0.05, 0.1) is 13.4 Å². The van der Waals surface area contributed by atoms with Gasteiger partial charge in [0.2, 0.25) is 0 Å². The van der Waals surface area contributed by atoms with Crippen LogP contribution in [0.5, 0.6) is 0 Å². The van der Waals surface area contributed by atoms with Crippen LogP contribution in [0.2, 0.25) is 0 Å². The number of aldehydes is 1. The van der Waals surface area contributed by atoms with E-state index >= 15 is 0 Å². The largest absolute Gasteiger partial charge is 0.504 e. The zero-order chi connectivity index (χ0) is 9.35. The third-order valence-corrected chi connectivity index (χ3v) is 3.12. The molecular weight excluding hydrogens is 152 g/mol. The summed E-state index contributed by atoms with van der Waals surface area (Å²) in [6.45, 7) is 6.52. The monoisotopic (exact) mass is 168 g/mol. The zero-order valence-electron chi connectivity index (χ0n) is 8.13. The van der Waals surface area contributed by atoms with E-state index in [0.29, 0.717) is 11.8 Å². The summed E-state index contributed by atoms with van der Waals surface area (Å²) < 4.78 is 4.84. The van der Waals surface area contributed by atoms with Gasteiger partial charge in [0, 0.05) is 5.57 Å². The molecule has 0 aromatic heterocycles. The molecule has 1 aliphatic rings. The first-order valence-electron chi connectivity index (χ1n) is 4.23. The second-order valence-corrected chi connectivity index (χ2v) is 4.06. The number of carbonyl (C=O) groups is 1. The van der Waals surface area contributed by atoms with Crippen LogP contribution >= 0.6 is 0 Å². The molecule has 0 saturated heterocycles. The van der Waals surface area contributed by atoms with Crippen LogP contribution in [0.3, 0.4) is 0 Å². The van der Waals surface area contributed by atoms with Gasteiger partial charge in [-0.05, 0) is 17.3 Å². The van der Waals surface area contributed by atoms with Crippen molar-refractivity contribution in [3.8, 4) is 0 Å². The van der Waals surface area contributed by atoms with E-state index < -0.39 is 0 Å². The van der Waals surface area contributed by atoms with Gasteiger partial charge in [0.15, 0.2) is 0 Å². The van der Waals surface area contributed by atoms with Crippen molar-refractivity contribution < 1.29 is 9.53 Å². The number of hydrogen-bond acceptors (Lipinski definition) is 2. The molecule has 0 bridgehead atoms. The minimum Gasteiger partial charge on any atom is -0.504 e. The number of rotatable bonds is 3. The number of allylic oxidation sites excluding steroid dienone is 1. The molecular formula is C10H16O2. The molecule has 1 rings (SSSR count). The smallest absolute Gasteiger partial charge is 0.149 e. The van der Waals surface area contributed by atoms with Gasteiger partial charge < -0.3 is 4.74 Å². The molecule has 0 heterocycles. The molecule has 2 atom stereocenters. The topological polar surface area (TPSA) is 26.3 Å². The molecule has 2 nitrogen and oxygen atoms in total. The standard InChI is InChI=1S/C10H16O2/c1-7-9(10(7,2)3)8(5-11)6-12-4/h5-7,9H,1-4H3/t7-,9-/m1/s1. The maximum absolute atomic E-state index is 10.7. The molecule has 68 valence electrons. The minimum absolute atomic E-state index is 0.269. The minimum atomic E-state index is 0.269. The van der Waals surface area contributed by atoms with Gasteiger partial charge in [0.1, 0.15) is 6.29 Å². The van der Waals surface area contributed by atoms with E-state index in [1.54, 1.807) is 13.4 Å². The van der Waals surface area contributed by atoms with E-state index in [-0.39, 0.29) is 5.41 Å². The lowest BCUT2D eigenvalue weighted by Crippen LogP contribution is -1.96. The molecule has 0 aromatic carbocycles. The Hall–Kier alpha value is -0.790. The van der Waals surface area contributed by atoms with Gasteiger partial charge in [-0.1, -0.05) is 20.8 Å². The number of carbonyl (C=O) groups excluding carboxylic acids is 1. The Morgan fingerprint density at radius 1 is 1.50 bits per heavy atom. The number of hydrogen-bond donors (Lipinski definition) is 0. The molecule has 1 fully saturated rings. The molecule has 0 unspecified atom stereocenters. The van der Waals surface area contributed by atoms with Crippen molar-refractivity contribution in [3.05, 3.63) is 11.8 Å². The molecule has 0 aliphatic heterocycles. The van der Waals surface area contributed by atoms with Crippen LogP contribution in [0.4, 0.5) is 0 Å². The van der Waals surface area contributed by atoms with E-state index in [9.17, 15) is 4.79 Å². The molecule has 0 spiro atoms. The van der Waals surface area contributed by atoms with Crippen molar-refractivity contribution in [2.75, 3.05) is 7.11 Å². The number of methoxy groups -OCH3 is 1. The van der Waals surface area contributed by atoms with Crippen LogP contribution in [-0.4, -0.2) is 13.4 Å². The first-order valence-corrected chi connectivity index (χ1v) is 4.23. The van der Waals surface area contributed by atoms with E-state index in [1.165, 1.54) is 0 Å². The lowest BCUT2D eigenvalue weighted by molar-refractivity contribution is -0.105. The first kappa shape index (κ1) is 9.30. The van der Waals surface area contributed by atoms with Crippen molar-refractivity contribution in [1.29, 1.82) is 0 Å². The average molecular weight is 168 g/mol. The highest BCUT2D eigenvalue weighted by Gasteiger charge is 2.56. The maximum atomic E-state index is 10.7. The highest BCUT2D eigenvalue weighted by atomic mass is 16.5. The lowest BCUT2D eigenvalue weighted by Gasteiger charge is -2.00. The second-order valence-electron chi connectivity index (χ2n) is 4.06. The van der Waals surface area contributed by atoms with Gasteiger partial charge in [0.25, 0.3) is 0 Å². The van der Waals surface area contributed by atoms with Crippen LogP contribution in [-0.2, 0) is 9.53 Å². The predicted molar refractivity (Wildman–Crippen MR) is 47.6 cm³/mol. The fourth-order valence-corrected chi connectivity index (χ4v) is 1.92. The molecule has 1 saturated carbocycles. The quantitative estimate of drug-likeness (QED) is 0.366.